The van der Waals surface area contributed by atoms with E-state index in [1.807, 2.05) is 0 Å². The number of halogens is 1. The fraction of sp³-hybridized carbons (Fsp3) is 0.273. The van der Waals surface area contributed by atoms with Crippen LogP contribution < -0.4 is 0 Å². The average Bonchev–Trinajstić information content (AvgIpc) is 2.26. The summed E-state index contributed by atoms with van der Waals surface area (Å²) in [4.78, 5) is 10.3. The van der Waals surface area contributed by atoms with E-state index in [0.717, 1.165) is 0 Å². The molecule has 0 aromatic heterocycles. The van der Waals surface area contributed by atoms with Crippen molar-refractivity contribution >= 4 is 5.69 Å². The van der Waals surface area contributed by atoms with Crippen LogP contribution in [0.5, 0.6) is 0 Å². The second-order valence-corrected chi connectivity index (χ2v) is 3.20. The molecule has 0 saturated carbocycles. The summed E-state index contributed by atoms with van der Waals surface area (Å²) in [5, 5.41) is 10.8. The molecule has 1 unspecified atom stereocenters. The van der Waals surface area contributed by atoms with E-state index in [2.05, 4.69) is 5.92 Å². The molecular weight excluding hydrogens is 197 g/mol. The Kier molecular flexibility index (Phi) is 3.40. The van der Waals surface area contributed by atoms with Crippen molar-refractivity contribution in [3.63, 3.8) is 0 Å². The van der Waals surface area contributed by atoms with Gasteiger partial charge in [0.15, 0.2) is 0 Å². The Morgan fingerprint density at radius 2 is 2.33 bits per heavy atom. The molecule has 0 spiro atoms. The summed E-state index contributed by atoms with van der Waals surface area (Å²) in [5.41, 5.74) is 0.376. The second kappa shape index (κ2) is 4.56. The van der Waals surface area contributed by atoms with Gasteiger partial charge in [-0.15, -0.1) is 6.42 Å². The van der Waals surface area contributed by atoms with Gasteiger partial charge in [0.05, 0.1) is 11.6 Å². The van der Waals surface area contributed by atoms with Crippen LogP contribution in [0.25, 0.3) is 0 Å². The van der Waals surface area contributed by atoms with E-state index in [1.165, 1.54) is 12.1 Å². The number of hydrogen-bond acceptors (Lipinski definition) is 2. The van der Waals surface area contributed by atoms with Gasteiger partial charge in [0, 0.05) is 11.5 Å². The van der Waals surface area contributed by atoms with E-state index >= 15 is 0 Å². The number of benzene rings is 1. The lowest BCUT2D eigenvalue weighted by Crippen LogP contribution is -2.03. The van der Waals surface area contributed by atoms with E-state index in [4.69, 9.17) is 6.42 Å². The van der Waals surface area contributed by atoms with Crippen molar-refractivity contribution in [1.29, 1.82) is 0 Å². The zero-order chi connectivity index (χ0) is 11.4. The zero-order valence-electron chi connectivity index (χ0n) is 8.24. The molecule has 15 heavy (non-hydrogen) atoms. The van der Waals surface area contributed by atoms with Gasteiger partial charge in [-0.25, -0.2) is 0 Å². The minimum Gasteiger partial charge on any atom is -0.258 e. The summed E-state index contributed by atoms with van der Waals surface area (Å²) in [6, 6.07) is 4.61. The third kappa shape index (κ3) is 2.13. The molecule has 78 valence electrons. The maximum absolute atomic E-state index is 12.5. The molecule has 4 heteroatoms. The van der Waals surface area contributed by atoms with Crippen molar-refractivity contribution in [2.45, 2.75) is 12.8 Å². The lowest BCUT2D eigenvalue weighted by Gasteiger charge is -2.08. The molecule has 0 aliphatic rings. The highest BCUT2D eigenvalue weighted by atomic mass is 19.1. The highest BCUT2D eigenvalue weighted by Crippen LogP contribution is 2.29. The molecule has 0 aliphatic carbocycles. The molecule has 3 nitrogen and oxygen atoms in total. The number of nitro benzene ring substituents is 1. The highest BCUT2D eigenvalue weighted by Gasteiger charge is 2.22. The van der Waals surface area contributed by atoms with Crippen LogP contribution in [0.4, 0.5) is 10.1 Å². The van der Waals surface area contributed by atoms with Crippen LogP contribution >= 0.6 is 0 Å². The Balaban J connectivity index is 3.40. The van der Waals surface area contributed by atoms with E-state index in [1.54, 1.807) is 13.0 Å². The minimum absolute atomic E-state index is 0.162. The quantitative estimate of drug-likeness (QED) is 0.434. The lowest BCUT2D eigenvalue weighted by atomic mass is 9.97. The van der Waals surface area contributed by atoms with Crippen molar-refractivity contribution in [3.8, 4) is 12.3 Å². The van der Waals surface area contributed by atoms with Gasteiger partial charge in [0.25, 0.3) is 5.69 Å². The van der Waals surface area contributed by atoms with E-state index in [0.29, 0.717) is 5.56 Å². The number of para-hydroxylation sites is 1. The first-order valence-electron chi connectivity index (χ1n) is 4.41. The maximum Gasteiger partial charge on any atom is 0.288 e. The molecule has 0 amide bonds. The Labute approximate surface area is 87.1 Å². The summed E-state index contributed by atoms with van der Waals surface area (Å²) in [6.45, 7) is 0.942. The minimum atomic E-state index is -0.644. The number of nitrogens with zero attached hydrogens (tertiary/aromatic N) is 1. The second-order valence-electron chi connectivity index (χ2n) is 3.20. The lowest BCUT2D eigenvalue weighted by molar-refractivity contribution is -0.386. The third-order valence-corrected chi connectivity index (χ3v) is 2.17. The molecule has 0 saturated heterocycles. The average molecular weight is 207 g/mol. The van der Waals surface area contributed by atoms with Gasteiger partial charge in [0.1, 0.15) is 5.56 Å². The molecule has 0 bridgehead atoms. The Morgan fingerprint density at radius 1 is 1.67 bits per heavy atom. The van der Waals surface area contributed by atoms with E-state index < -0.39 is 17.5 Å². The van der Waals surface area contributed by atoms with Crippen LogP contribution in [0.2, 0.25) is 0 Å². The molecule has 0 fully saturated rings. The predicted molar refractivity (Wildman–Crippen MR) is 55.4 cm³/mol. The number of hydrogen-bond donors (Lipinski definition) is 0. The molecule has 1 aromatic carbocycles. The summed E-state index contributed by atoms with van der Waals surface area (Å²) >= 11 is 0. The van der Waals surface area contributed by atoms with Crippen LogP contribution in [0.1, 0.15) is 24.0 Å². The van der Waals surface area contributed by atoms with Gasteiger partial charge in [0.2, 0.25) is 0 Å². The van der Waals surface area contributed by atoms with Crippen LogP contribution in [0.3, 0.4) is 0 Å². The fourth-order valence-corrected chi connectivity index (χ4v) is 1.36. The number of rotatable bonds is 3. The van der Waals surface area contributed by atoms with E-state index in [9.17, 15) is 14.5 Å². The zero-order valence-corrected chi connectivity index (χ0v) is 8.24. The molecule has 0 heterocycles. The van der Waals surface area contributed by atoms with Gasteiger partial charge in [-0.05, 0) is 6.07 Å². The first-order chi connectivity index (χ1) is 7.11. The number of nitro groups is 1. The van der Waals surface area contributed by atoms with Crippen molar-refractivity contribution < 1.29 is 9.31 Å². The smallest absolute Gasteiger partial charge is 0.258 e. The summed E-state index contributed by atoms with van der Waals surface area (Å²) < 4.78 is 12.5. The van der Waals surface area contributed by atoms with E-state index in [-0.39, 0.29) is 11.3 Å². The molecular formula is C11H10FNO2. The topological polar surface area (TPSA) is 43.1 Å². The Hall–Kier alpha value is -1.89. The van der Waals surface area contributed by atoms with Crippen molar-refractivity contribution in [1.82, 2.24) is 0 Å². The van der Waals surface area contributed by atoms with Crippen LogP contribution in [-0.4, -0.2) is 11.6 Å². The molecule has 1 aromatic rings. The Bertz CT molecular complexity index is 423. The number of terminal acetylenes is 1. The summed E-state index contributed by atoms with van der Waals surface area (Å²) in [5.74, 6) is 1.72. The monoisotopic (exact) mass is 207 g/mol. The third-order valence-electron chi connectivity index (χ3n) is 2.17. The first-order valence-corrected chi connectivity index (χ1v) is 4.41. The van der Waals surface area contributed by atoms with Crippen molar-refractivity contribution in [3.05, 3.63) is 39.4 Å². The van der Waals surface area contributed by atoms with Gasteiger partial charge in [-0.3, -0.25) is 14.5 Å². The van der Waals surface area contributed by atoms with Gasteiger partial charge < -0.3 is 0 Å². The van der Waals surface area contributed by atoms with Gasteiger partial charge in [-0.1, -0.05) is 25.0 Å². The summed E-state index contributed by atoms with van der Waals surface area (Å²) in [6.07, 6.45) is 5.15. The largest absolute Gasteiger partial charge is 0.288 e. The Morgan fingerprint density at radius 3 is 2.80 bits per heavy atom. The van der Waals surface area contributed by atoms with Gasteiger partial charge in [-0.2, -0.15) is 0 Å². The molecule has 0 N–H and O–H groups in total. The SMILES string of the molecule is C#Cc1cccc(C(C)CF)c1[N+](=O)[O-]. The highest BCUT2D eigenvalue weighted by molar-refractivity contribution is 5.56. The van der Waals surface area contributed by atoms with Gasteiger partial charge >= 0.3 is 0 Å². The molecule has 0 aliphatic heterocycles. The van der Waals surface area contributed by atoms with Crippen molar-refractivity contribution in [2.24, 2.45) is 0 Å². The molecule has 1 atom stereocenters. The van der Waals surface area contributed by atoms with Crippen LogP contribution in [0.15, 0.2) is 18.2 Å². The van der Waals surface area contributed by atoms with Crippen LogP contribution in [0, 0.1) is 22.5 Å². The first kappa shape index (κ1) is 11.2. The summed E-state index contributed by atoms with van der Waals surface area (Å²) in [7, 11) is 0. The standard InChI is InChI=1S/C11H10FNO2/c1-3-9-5-4-6-10(8(2)7-12)11(9)13(14)15/h1,4-6,8H,7H2,2H3. The number of alkyl halides is 1. The fourth-order valence-electron chi connectivity index (χ4n) is 1.36. The van der Waals surface area contributed by atoms with Crippen LogP contribution in [-0.2, 0) is 0 Å². The molecule has 1 rings (SSSR count). The van der Waals surface area contributed by atoms with Crippen molar-refractivity contribution in [2.75, 3.05) is 6.67 Å². The normalized spacial score (nSPS) is 11.8. The molecule has 0 radical (unpaired) electrons. The maximum atomic E-state index is 12.5. The predicted octanol–water partition coefficient (Wildman–Crippen LogP) is 2.65.